The predicted molar refractivity (Wildman–Crippen MR) is 124 cm³/mol. The Bertz CT molecular complexity index is 1290. The molecule has 0 unspecified atom stereocenters. The third kappa shape index (κ3) is 5.12. The number of rotatable bonds is 5. The first kappa shape index (κ1) is 24.6. The summed E-state index contributed by atoms with van der Waals surface area (Å²) in [5, 5.41) is 3.56. The average molecular weight is 507 g/mol. The van der Waals surface area contributed by atoms with E-state index in [9.17, 15) is 22.8 Å². The maximum Gasteiger partial charge on any atom is 0.416 e. The molecule has 0 radical (unpaired) electrons. The minimum atomic E-state index is -4.42. The molecular weight excluding hydrogens is 485 g/mol. The Kier molecular flexibility index (Phi) is 6.75. The van der Waals surface area contributed by atoms with Crippen LogP contribution in [0.1, 0.15) is 45.7 Å². The zero-order valence-corrected chi connectivity index (χ0v) is 19.7. The fraction of sp³-hybridized carbons (Fsp3) is 0.292. The van der Waals surface area contributed by atoms with Crippen LogP contribution in [0, 0.1) is 0 Å². The average Bonchev–Trinajstić information content (AvgIpc) is 2.83. The molecule has 2 aromatic carbocycles. The number of anilines is 1. The number of carbonyl (C=O) groups is 1. The third-order valence-corrected chi connectivity index (χ3v) is 6.09. The summed E-state index contributed by atoms with van der Waals surface area (Å²) in [5.41, 5.74) is 0.702. The highest BCUT2D eigenvalue weighted by Gasteiger charge is 2.30. The number of amides is 1. The Balaban J connectivity index is 1.57. The maximum atomic E-state index is 13.2. The molecular formula is C24H22ClF3N4O3. The molecule has 1 atom stereocenters. The molecule has 0 saturated heterocycles. The molecule has 7 nitrogen and oxygen atoms in total. The summed E-state index contributed by atoms with van der Waals surface area (Å²) < 4.78 is 39.5. The van der Waals surface area contributed by atoms with E-state index in [4.69, 9.17) is 16.4 Å². The quantitative estimate of drug-likeness (QED) is 0.557. The van der Waals surface area contributed by atoms with Crippen molar-refractivity contribution in [2.24, 2.45) is 0 Å². The Hall–Kier alpha value is -3.53. The van der Waals surface area contributed by atoms with E-state index in [-0.39, 0.29) is 18.4 Å². The maximum absolute atomic E-state index is 13.2. The lowest BCUT2D eigenvalue weighted by Crippen LogP contribution is -2.42. The van der Waals surface area contributed by atoms with Gasteiger partial charge in [0.15, 0.2) is 0 Å². The second kappa shape index (κ2) is 9.61. The predicted octanol–water partition coefficient (Wildman–Crippen LogP) is 4.35. The van der Waals surface area contributed by atoms with Crippen molar-refractivity contribution in [3.8, 4) is 0 Å². The van der Waals surface area contributed by atoms with Crippen molar-refractivity contribution < 1.29 is 22.8 Å². The van der Waals surface area contributed by atoms with Crippen molar-refractivity contribution >= 4 is 23.5 Å². The van der Waals surface area contributed by atoms with Crippen LogP contribution >= 0.6 is 11.6 Å². The van der Waals surface area contributed by atoms with Crippen LogP contribution < -0.4 is 15.7 Å². The number of benzene rings is 2. The summed E-state index contributed by atoms with van der Waals surface area (Å²) in [6.07, 6.45) is -4.06. The van der Waals surface area contributed by atoms with Crippen LogP contribution in [0.2, 0.25) is 5.02 Å². The van der Waals surface area contributed by atoms with Gasteiger partial charge in [-0.2, -0.15) is 13.2 Å². The molecule has 0 saturated carbocycles. The molecule has 1 aliphatic rings. The number of alkyl halides is 3. The molecule has 35 heavy (non-hydrogen) atoms. The number of hydrogen-bond donors (Lipinski definition) is 1. The summed E-state index contributed by atoms with van der Waals surface area (Å²) in [5.74, 6) is -0.102. The Morgan fingerprint density at radius 2 is 1.80 bits per heavy atom. The minimum Gasteiger partial charge on any atom is -0.411 e. The topological polar surface area (TPSA) is 76.5 Å². The van der Waals surface area contributed by atoms with E-state index in [2.05, 4.69) is 10.3 Å². The lowest BCUT2D eigenvalue weighted by Gasteiger charge is -2.29. The molecule has 184 valence electrons. The summed E-state index contributed by atoms with van der Waals surface area (Å²) in [6.45, 7) is 2.17. The summed E-state index contributed by atoms with van der Waals surface area (Å²) in [6, 6.07) is 10.8. The SMILES string of the molecule is COn1c(N[C@@H](C)c2ccc(C(F)(F)F)cc2)nc2c(c1=O)CN(C(=O)c1ccc(Cl)cc1)CC2. The van der Waals surface area contributed by atoms with Gasteiger partial charge in [-0.15, -0.1) is 4.73 Å². The van der Waals surface area contributed by atoms with E-state index in [1.54, 1.807) is 36.1 Å². The van der Waals surface area contributed by atoms with Gasteiger partial charge in [0.05, 0.1) is 29.4 Å². The van der Waals surface area contributed by atoms with Gasteiger partial charge in [0.1, 0.15) is 7.11 Å². The number of nitrogens with one attached hydrogen (secondary N) is 1. The Morgan fingerprint density at radius 1 is 1.14 bits per heavy atom. The Morgan fingerprint density at radius 3 is 2.40 bits per heavy atom. The monoisotopic (exact) mass is 506 g/mol. The molecule has 1 aromatic heterocycles. The Labute approximate surface area is 204 Å². The number of aromatic nitrogens is 2. The normalized spacial score (nSPS) is 14.3. The second-order valence-corrected chi connectivity index (χ2v) is 8.55. The smallest absolute Gasteiger partial charge is 0.411 e. The highest BCUT2D eigenvalue weighted by molar-refractivity contribution is 6.30. The van der Waals surface area contributed by atoms with Gasteiger partial charge in [-0.05, 0) is 48.9 Å². The van der Waals surface area contributed by atoms with Crippen molar-refractivity contribution in [1.82, 2.24) is 14.6 Å². The highest BCUT2D eigenvalue weighted by Crippen LogP contribution is 2.30. The lowest BCUT2D eigenvalue weighted by atomic mass is 10.1. The highest BCUT2D eigenvalue weighted by atomic mass is 35.5. The van der Waals surface area contributed by atoms with Crippen molar-refractivity contribution in [2.75, 3.05) is 19.0 Å². The van der Waals surface area contributed by atoms with Gasteiger partial charge in [-0.3, -0.25) is 9.59 Å². The standard InChI is InChI=1S/C24H22ClF3N4O3/c1-14(15-3-7-17(8-4-15)24(26,27)28)29-23-30-20-11-12-31(13-19(20)22(34)32(23)35-2)21(33)16-5-9-18(25)10-6-16/h3-10,14H,11-13H2,1-2H3,(H,29,30)/t14-/m0/s1. The van der Waals surface area contributed by atoms with E-state index in [0.29, 0.717) is 40.4 Å². The van der Waals surface area contributed by atoms with Crippen LogP contribution in [0.3, 0.4) is 0 Å². The molecule has 0 fully saturated rings. The minimum absolute atomic E-state index is 0.0702. The van der Waals surface area contributed by atoms with Crippen LogP contribution in [-0.2, 0) is 19.1 Å². The van der Waals surface area contributed by atoms with Gasteiger partial charge < -0.3 is 15.1 Å². The van der Waals surface area contributed by atoms with E-state index in [1.165, 1.54) is 19.2 Å². The number of nitrogens with zero attached hydrogens (tertiary/aromatic N) is 3. The van der Waals surface area contributed by atoms with E-state index >= 15 is 0 Å². The van der Waals surface area contributed by atoms with Crippen molar-refractivity contribution in [3.05, 3.63) is 91.9 Å². The largest absolute Gasteiger partial charge is 0.416 e. The molecule has 4 rings (SSSR count). The van der Waals surface area contributed by atoms with Gasteiger partial charge >= 0.3 is 6.18 Å². The summed E-state index contributed by atoms with van der Waals surface area (Å²) >= 11 is 5.90. The van der Waals surface area contributed by atoms with E-state index in [0.717, 1.165) is 16.9 Å². The summed E-state index contributed by atoms with van der Waals surface area (Å²) in [7, 11) is 1.31. The molecule has 1 amide bonds. The zero-order valence-electron chi connectivity index (χ0n) is 18.9. The van der Waals surface area contributed by atoms with Crippen LogP contribution in [0.25, 0.3) is 0 Å². The van der Waals surface area contributed by atoms with E-state index < -0.39 is 23.3 Å². The molecule has 2 heterocycles. The zero-order chi connectivity index (χ0) is 25.3. The molecule has 0 aliphatic carbocycles. The molecule has 3 aromatic rings. The number of halogens is 4. The fourth-order valence-electron chi connectivity index (χ4n) is 3.91. The summed E-state index contributed by atoms with van der Waals surface area (Å²) in [4.78, 5) is 37.4. The molecule has 1 aliphatic heterocycles. The first-order valence-electron chi connectivity index (χ1n) is 10.8. The van der Waals surface area contributed by atoms with Crippen LogP contribution in [0.4, 0.5) is 19.1 Å². The molecule has 11 heteroatoms. The van der Waals surface area contributed by atoms with Crippen LogP contribution in [0.15, 0.2) is 53.3 Å². The fourth-order valence-corrected chi connectivity index (χ4v) is 4.03. The lowest BCUT2D eigenvalue weighted by molar-refractivity contribution is -0.137. The van der Waals surface area contributed by atoms with Crippen molar-refractivity contribution in [1.29, 1.82) is 0 Å². The number of fused-ring (bicyclic) bond motifs is 1. The number of hydrogen-bond acceptors (Lipinski definition) is 5. The van der Waals surface area contributed by atoms with Crippen LogP contribution in [0.5, 0.6) is 0 Å². The molecule has 0 spiro atoms. The van der Waals surface area contributed by atoms with Gasteiger partial charge in [0.2, 0.25) is 5.95 Å². The van der Waals surface area contributed by atoms with Gasteiger partial charge in [0.25, 0.3) is 11.5 Å². The first-order chi connectivity index (χ1) is 16.6. The molecule has 1 N–H and O–H groups in total. The number of carbonyl (C=O) groups excluding carboxylic acids is 1. The second-order valence-electron chi connectivity index (χ2n) is 8.11. The van der Waals surface area contributed by atoms with Gasteiger partial charge in [-0.1, -0.05) is 23.7 Å². The van der Waals surface area contributed by atoms with Crippen LogP contribution in [-0.4, -0.2) is 34.2 Å². The van der Waals surface area contributed by atoms with Gasteiger partial charge in [-0.25, -0.2) is 4.98 Å². The molecule has 0 bridgehead atoms. The van der Waals surface area contributed by atoms with E-state index in [1.807, 2.05) is 0 Å². The van der Waals surface area contributed by atoms with Crippen molar-refractivity contribution in [3.63, 3.8) is 0 Å². The van der Waals surface area contributed by atoms with Gasteiger partial charge in [0, 0.05) is 23.6 Å². The van der Waals surface area contributed by atoms with Crippen molar-refractivity contribution in [2.45, 2.75) is 32.1 Å². The third-order valence-electron chi connectivity index (χ3n) is 5.84. The first-order valence-corrected chi connectivity index (χ1v) is 11.1.